The lowest BCUT2D eigenvalue weighted by Crippen LogP contribution is -2.30. The molecule has 0 bridgehead atoms. The second-order valence-electron chi connectivity index (χ2n) is 5.19. The third-order valence-electron chi connectivity index (χ3n) is 3.39. The average Bonchev–Trinajstić information content (AvgIpc) is 3.17. The number of carbonyl (C=O) groups excluding carboxylic acids is 1. The molecule has 3 rings (SSSR count). The Morgan fingerprint density at radius 3 is 2.76 bits per heavy atom. The van der Waals surface area contributed by atoms with Gasteiger partial charge in [-0.15, -0.1) is 5.10 Å². The number of anilines is 1. The SMILES string of the molecule is C[C@@H](Oc1cccc(-n2cnnn2)c1)C(=O)Nc1ccc(C#N)cc1. The van der Waals surface area contributed by atoms with Crippen molar-refractivity contribution in [2.45, 2.75) is 13.0 Å². The Hall–Kier alpha value is -3.73. The molecule has 8 nitrogen and oxygen atoms in total. The van der Waals surface area contributed by atoms with Gasteiger partial charge in [0.15, 0.2) is 6.10 Å². The van der Waals surface area contributed by atoms with Gasteiger partial charge in [0.2, 0.25) is 0 Å². The zero-order valence-corrected chi connectivity index (χ0v) is 13.3. The summed E-state index contributed by atoms with van der Waals surface area (Å²) in [6, 6.07) is 15.7. The van der Waals surface area contributed by atoms with Gasteiger partial charge in [-0.05, 0) is 53.7 Å². The van der Waals surface area contributed by atoms with Crippen LogP contribution in [-0.4, -0.2) is 32.2 Å². The van der Waals surface area contributed by atoms with E-state index in [1.807, 2.05) is 12.1 Å². The fourth-order valence-corrected chi connectivity index (χ4v) is 2.11. The smallest absolute Gasteiger partial charge is 0.265 e. The van der Waals surface area contributed by atoms with E-state index in [1.54, 1.807) is 49.4 Å². The Balaban J connectivity index is 1.65. The highest BCUT2D eigenvalue weighted by Crippen LogP contribution is 2.18. The van der Waals surface area contributed by atoms with E-state index in [4.69, 9.17) is 10.00 Å². The summed E-state index contributed by atoms with van der Waals surface area (Å²) in [5, 5.41) is 22.5. The summed E-state index contributed by atoms with van der Waals surface area (Å²) in [4.78, 5) is 12.2. The van der Waals surface area contributed by atoms with Gasteiger partial charge in [-0.3, -0.25) is 4.79 Å². The molecule has 0 aliphatic heterocycles. The van der Waals surface area contributed by atoms with Crippen LogP contribution in [0.1, 0.15) is 12.5 Å². The molecule has 124 valence electrons. The van der Waals surface area contributed by atoms with E-state index in [9.17, 15) is 4.79 Å². The fourth-order valence-electron chi connectivity index (χ4n) is 2.11. The molecule has 0 radical (unpaired) electrons. The second kappa shape index (κ2) is 7.23. The molecular formula is C17H14N6O2. The maximum absolute atomic E-state index is 12.2. The Bertz CT molecular complexity index is 900. The van der Waals surface area contributed by atoms with Gasteiger partial charge in [0.05, 0.1) is 17.3 Å². The quantitative estimate of drug-likeness (QED) is 0.764. The van der Waals surface area contributed by atoms with Crippen LogP contribution < -0.4 is 10.1 Å². The van der Waals surface area contributed by atoms with Crippen molar-refractivity contribution in [1.29, 1.82) is 5.26 Å². The van der Waals surface area contributed by atoms with E-state index in [0.29, 0.717) is 17.0 Å². The Morgan fingerprint density at radius 2 is 2.08 bits per heavy atom. The van der Waals surface area contributed by atoms with Crippen molar-refractivity contribution in [3.8, 4) is 17.5 Å². The molecule has 3 aromatic rings. The third kappa shape index (κ3) is 3.97. The first-order valence-electron chi connectivity index (χ1n) is 7.47. The molecule has 1 heterocycles. The standard InChI is InChI=1S/C17H14N6O2/c1-12(17(24)20-14-7-5-13(10-18)6-8-14)25-16-4-2-3-15(9-16)23-11-19-21-22-23/h2-9,11-12H,1H3,(H,20,24)/t12-/m1/s1. The molecule has 0 saturated heterocycles. The summed E-state index contributed by atoms with van der Waals surface area (Å²) in [6.07, 6.45) is 0.764. The number of amides is 1. The second-order valence-corrected chi connectivity index (χ2v) is 5.19. The van der Waals surface area contributed by atoms with Crippen LogP contribution in [-0.2, 0) is 4.79 Å². The number of nitrogens with zero attached hydrogens (tertiary/aromatic N) is 5. The van der Waals surface area contributed by atoms with Crippen molar-refractivity contribution in [3.63, 3.8) is 0 Å². The highest BCUT2D eigenvalue weighted by atomic mass is 16.5. The number of hydrogen-bond donors (Lipinski definition) is 1. The Morgan fingerprint density at radius 1 is 1.28 bits per heavy atom. The van der Waals surface area contributed by atoms with Crippen LogP contribution in [0.15, 0.2) is 54.9 Å². The highest BCUT2D eigenvalue weighted by molar-refractivity contribution is 5.94. The molecule has 1 amide bonds. The van der Waals surface area contributed by atoms with Crippen LogP contribution in [0.4, 0.5) is 5.69 Å². The monoisotopic (exact) mass is 334 g/mol. The van der Waals surface area contributed by atoms with E-state index in [1.165, 1.54) is 11.0 Å². The molecular weight excluding hydrogens is 320 g/mol. The Kier molecular flexibility index (Phi) is 4.67. The first-order chi connectivity index (χ1) is 12.2. The van der Waals surface area contributed by atoms with Crippen molar-refractivity contribution < 1.29 is 9.53 Å². The number of aromatic nitrogens is 4. The molecule has 0 spiro atoms. The summed E-state index contributed by atoms with van der Waals surface area (Å²) in [5.74, 6) is 0.230. The zero-order valence-electron chi connectivity index (χ0n) is 13.3. The van der Waals surface area contributed by atoms with Crippen LogP contribution in [0.3, 0.4) is 0 Å². The molecule has 0 unspecified atom stereocenters. The first-order valence-corrected chi connectivity index (χ1v) is 7.47. The van der Waals surface area contributed by atoms with E-state index in [-0.39, 0.29) is 5.91 Å². The molecule has 0 saturated carbocycles. The first kappa shape index (κ1) is 16.1. The van der Waals surface area contributed by atoms with Crippen LogP contribution >= 0.6 is 0 Å². The van der Waals surface area contributed by atoms with Crippen molar-refractivity contribution in [1.82, 2.24) is 20.2 Å². The minimum absolute atomic E-state index is 0.294. The van der Waals surface area contributed by atoms with Gasteiger partial charge in [0.1, 0.15) is 12.1 Å². The lowest BCUT2D eigenvalue weighted by Gasteiger charge is -2.15. The number of nitriles is 1. The number of nitrogens with one attached hydrogen (secondary N) is 1. The summed E-state index contributed by atoms with van der Waals surface area (Å²) < 4.78 is 7.18. The van der Waals surface area contributed by atoms with E-state index < -0.39 is 6.10 Å². The number of hydrogen-bond acceptors (Lipinski definition) is 6. The van der Waals surface area contributed by atoms with Gasteiger partial charge < -0.3 is 10.1 Å². The molecule has 8 heteroatoms. The number of rotatable bonds is 5. The molecule has 2 aromatic carbocycles. The van der Waals surface area contributed by atoms with Crippen LogP contribution in [0.25, 0.3) is 5.69 Å². The number of ether oxygens (including phenoxy) is 1. The maximum Gasteiger partial charge on any atom is 0.265 e. The third-order valence-corrected chi connectivity index (χ3v) is 3.39. The molecule has 1 aromatic heterocycles. The predicted molar refractivity (Wildman–Crippen MR) is 89.0 cm³/mol. The number of tetrazole rings is 1. The normalized spacial score (nSPS) is 11.4. The lowest BCUT2D eigenvalue weighted by molar-refractivity contribution is -0.122. The summed E-state index contributed by atoms with van der Waals surface area (Å²) in [5.41, 5.74) is 1.85. The molecule has 0 fully saturated rings. The van der Waals surface area contributed by atoms with Crippen LogP contribution in [0.5, 0.6) is 5.75 Å². The Labute approximate surface area is 143 Å². The molecule has 25 heavy (non-hydrogen) atoms. The lowest BCUT2D eigenvalue weighted by atomic mass is 10.2. The van der Waals surface area contributed by atoms with Crippen molar-refractivity contribution in [2.24, 2.45) is 0 Å². The summed E-state index contributed by atoms with van der Waals surface area (Å²) >= 11 is 0. The number of carbonyl (C=O) groups is 1. The van der Waals surface area contributed by atoms with Gasteiger partial charge >= 0.3 is 0 Å². The van der Waals surface area contributed by atoms with Crippen LogP contribution in [0, 0.1) is 11.3 Å². The van der Waals surface area contributed by atoms with Crippen molar-refractivity contribution >= 4 is 11.6 Å². The van der Waals surface area contributed by atoms with E-state index in [2.05, 4.69) is 20.8 Å². The maximum atomic E-state index is 12.2. The average molecular weight is 334 g/mol. The van der Waals surface area contributed by atoms with Crippen molar-refractivity contribution in [2.75, 3.05) is 5.32 Å². The van der Waals surface area contributed by atoms with Gasteiger partial charge in [-0.25, -0.2) is 4.68 Å². The zero-order chi connectivity index (χ0) is 17.6. The molecule has 1 N–H and O–H groups in total. The molecule has 0 aliphatic carbocycles. The van der Waals surface area contributed by atoms with Crippen LogP contribution in [0.2, 0.25) is 0 Å². The predicted octanol–water partition coefficient (Wildman–Crippen LogP) is 1.94. The van der Waals surface area contributed by atoms with Gasteiger partial charge in [0, 0.05) is 11.8 Å². The molecule has 0 aliphatic rings. The van der Waals surface area contributed by atoms with E-state index >= 15 is 0 Å². The van der Waals surface area contributed by atoms with Gasteiger partial charge in [0.25, 0.3) is 5.91 Å². The van der Waals surface area contributed by atoms with Gasteiger partial charge in [-0.2, -0.15) is 5.26 Å². The summed E-state index contributed by atoms with van der Waals surface area (Å²) in [7, 11) is 0. The minimum Gasteiger partial charge on any atom is -0.481 e. The molecule has 1 atom stereocenters. The summed E-state index contributed by atoms with van der Waals surface area (Å²) in [6.45, 7) is 1.66. The fraction of sp³-hybridized carbons (Fsp3) is 0.118. The van der Waals surface area contributed by atoms with Crippen molar-refractivity contribution in [3.05, 3.63) is 60.4 Å². The minimum atomic E-state index is -0.709. The van der Waals surface area contributed by atoms with Gasteiger partial charge in [-0.1, -0.05) is 6.07 Å². The number of benzene rings is 2. The van der Waals surface area contributed by atoms with E-state index in [0.717, 1.165) is 5.69 Å². The topological polar surface area (TPSA) is 106 Å². The highest BCUT2D eigenvalue weighted by Gasteiger charge is 2.15. The largest absolute Gasteiger partial charge is 0.481 e.